The van der Waals surface area contributed by atoms with Crippen molar-refractivity contribution in [3.05, 3.63) is 68.9 Å². The lowest BCUT2D eigenvalue weighted by atomic mass is 9.84. The van der Waals surface area contributed by atoms with Gasteiger partial charge in [-0.3, -0.25) is 14.9 Å². The zero-order valence-electron chi connectivity index (χ0n) is 17.1. The highest BCUT2D eigenvalue weighted by molar-refractivity contribution is 6.02. The Kier molecular flexibility index (Phi) is 5.44. The van der Waals surface area contributed by atoms with Gasteiger partial charge in [0.05, 0.1) is 17.7 Å². The molecule has 3 heterocycles. The van der Waals surface area contributed by atoms with Crippen molar-refractivity contribution in [2.45, 2.75) is 26.4 Å². The maximum atomic E-state index is 12.6. The van der Waals surface area contributed by atoms with Gasteiger partial charge in [0.1, 0.15) is 6.61 Å². The number of carbonyl (C=O) groups excluding carboxylic acids is 1. The summed E-state index contributed by atoms with van der Waals surface area (Å²) in [6.45, 7) is 3.85. The number of allylic oxidation sites excluding steroid dienone is 1. The first-order chi connectivity index (χ1) is 14.5. The number of fused-ring (bicyclic) bond motifs is 3. The van der Waals surface area contributed by atoms with E-state index in [4.69, 9.17) is 9.47 Å². The van der Waals surface area contributed by atoms with Crippen LogP contribution in [0.2, 0.25) is 0 Å². The molecule has 0 saturated carbocycles. The molecule has 5 rings (SSSR count). The number of ether oxygens (including phenoxy) is 2. The Morgan fingerprint density at radius 3 is 2.60 bits per heavy atom. The minimum Gasteiger partial charge on any atom is -0.493 e. The minimum absolute atomic E-state index is 0.0647. The van der Waals surface area contributed by atoms with Crippen molar-refractivity contribution < 1.29 is 19.2 Å². The van der Waals surface area contributed by atoms with Crippen molar-refractivity contribution >= 4 is 17.5 Å². The molecule has 3 saturated heterocycles. The molecule has 0 aliphatic carbocycles. The molecule has 0 amide bonds. The summed E-state index contributed by atoms with van der Waals surface area (Å²) in [5, 5.41) is 11.8. The molecule has 30 heavy (non-hydrogen) atoms. The molecule has 3 aliphatic rings. The number of nitro groups is 1. The fourth-order valence-electron chi connectivity index (χ4n) is 4.11. The molecule has 7 heteroatoms. The van der Waals surface area contributed by atoms with Gasteiger partial charge in [0, 0.05) is 25.1 Å². The quantitative estimate of drug-likeness (QED) is 0.406. The molecule has 0 radical (unpaired) electrons. The molecular weight excluding hydrogens is 384 g/mol. The second-order valence-electron chi connectivity index (χ2n) is 7.70. The van der Waals surface area contributed by atoms with Gasteiger partial charge in [-0.25, -0.2) is 0 Å². The van der Waals surface area contributed by atoms with Crippen LogP contribution in [0, 0.1) is 23.0 Å². The van der Waals surface area contributed by atoms with E-state index in [1.165, 1.54) is 13.2 Å². The molecule has 7 nitrogen and oxygen atoms in total. The average Bonchev–Trinajstić information content (AvgIpc) is 2.75. The second-order valence-corrected chi connectivity index (χ2v) is 7.70. The number of aryl methyl sites for hydroxylation is 1. The standard InChI is InChI=1S/C23H24N2O5/c1-15-5-3-4-6-18(15)14-30-23-20(25(27)28)12-16(13-21(23)29-2)11-19-22(26)17-7-9-24(19)10-8-17/h3-6,11-13,17H,7-10,14H2,1-2H3/b19-11-. The Morgan fingerprint density at radius 1 is 1.23 bits per heavy atom. The number of benzene rings is 2. The summed E-state index contributed by atoms with van der Waals surface area (Å²) in [6.07, 6.45) is 3.49. The van der Waals surface area contributed by atoms with Crippen LogP contribution in [0.25, 0.3) is 6.08 Å². The Hall–Kier alpha value is -3.35. The van der Waals surface area contributed by atoms with Crippen LogP contribution in [0.4, 0.5) is 5.69 Å². The third-order valence-electron chi connectivity index (χ3n) is 5.87. The van der Waals surface area contributed by atoms with Crippen molar-refractivity contribution in [2.24, 2.45) is 5.92 Å². The first-order valence-electron chi connectivity index (χ1n) is 10.0. The van der Waals surface area contributed by atoms with Gasteiger partial charge in [-0.05, 0) is 48.6 Å². The predicted molar refractivity (Wildman–Crippen MR) is 112 cm³/mol. The van der Waals surface area contributed by atoms with E-state index in [-0.39, 0.29) is 35.5 Å². The van der Waals surface area contributed by atoms with Crippen LogP contribution in [-0.4, -0.2) is 35.8 Å². The molecule has 0 unspecified atom stereocenters. The lowest BCUT2D eigenvalue weighted by Crippen LogP contribution is -2.45. The molecule has 0 aromatic heterocycles. The SMILES string of the molecule is COc1cc(/C=C2/C(=O)C3CCN2CC3)cc([N+](=O)[O-])c1OCc1ccccc1C. The molecule has 3 aliphatic heterocycles. The Morgan fingerprint density at radius 2 is 1.97 bits per heavy atom. The van der Waals surface area contributed by atoms with E-state index in [2.05, 4.69) is 4.90 Å². The van der Waals surface area contributed by atoms with Crippen molar-refractivity contribution in [2.75, 3.05) is 20.2 Å². The molecule has 0 spiro atoms. The van der Waals surface area contributed by atoms with E-state index >= 15 is 0 Å². The highest BCUT2D eigenvalue weighted by Gasteiger charge is 2.36. The number of Topliss-reactive ketones (excluding diaryl/α,β-unsaturated/α-hetero) is 1. The van der Waals surface area contributed by atoms with Crippen molar-refractivity contribution in [1.29, 1.82) is 0 Å². The van der Waals surface area contributed by atoms with Crippen LogP contribution in [0.1, 0.15) is 29.5 Å². The van der Waals surface area contributed by atoms with Crippen LogP contribution in [-0.2, 0) is 11.4 Å². The summed E-state index contributed by atoms with van der Waals surface area (Å²) in [5.74, 6) is 0.543. The highest BCUT2D eigenvalue weighted by Crippen LogP contribution is 2.40. The zero-order valence-corrected chi connectivity index (χ0v) is 17.1. The van der Waals surface area contributed by atoms with Crippen molar-refractivity contribution in [3.8, 4) is 11.5 Å². The van der Waals surface area contributed by atoms with Gasteiger partial charge < -0.3 is 14.4 Å². The Bertz CT molecular complexity index is 1020. The average molecular weight is 408 g/mol. The fraction of sp³-hybridized carbons (Fsp3) is 0.348. The van der Waals surface area contributed by atoms with Crippen LogP contribution in [0.15, 0.2) is 42.1 Å². The maximum absolute atomic E-state index is 12.6. The molecule has 2 aromatic carbocycles. The summed E-state index contributed by atoms with van der Waals surface area (Å²) in [6, 6.07) is 10.8. The number of ketones is 1. The summed E-state index contributed by atoms with van der Waals surface area (Å²) in [7, 11) is 1.45. The van der Waals surface area contributed by atoms with Crippen LogP contribution in [0.5, 0.6) is 11.5 Å². The van der Waals surface area contributed by atoms with Gasteiger partial charge >= 0.3 is 5.69 Å². The van der Waals surface area contributed by atoms with Gasteiger partial charge in [0.2, 0.25) is 5.75 Å². The van der Waals surface area contributed by atoms with E-state index in [1.807, 2.05) is 31.2 Å². The number of methoxy groups -OCH3 is 1. The van der Waals surface area contributed by atoms with Gasteiger partial charge in [-0.1, -0.05) is 24.3 Å². The van der Waals surface area contributed by atoms with E-state index in [0.717, 1.165) is 37.1 Å². The molecule has 0 atom stereocenters. The highest BCUT2D eigenvalue weighted by atomic mass is 16.6. The number of rotatable bonds is 6. The monoisotopic (exact) mass is 408 g/mol. The van der Waals surface area contributed by atoms with Crippen molar-refractivity contribution in [3.63, 3.8) is 0 Å². The molecule has 2 bridgehead atoms. The number of piperidine rings is 3. The van der Waals surface area contributed by atoms with Crippen molar-refractivity contribution in [1.82, 2.24) is 4.90 Å². The zero-order chi connectivity index (χ0) is 21.3. The number of carbonyl (C=O) groups is 1. The van der Waals surface area contributed by atoms with Gasteiger partial charge in [-0.2, -0.15) is 0 Å². The minimum atomic E-state index is -0.479. The third-order valence-corrected chi connectivity index (χ3v) is 5.87. The van der Waals surface area contributed by atoms with E-state index in [0.29, 0.717) is 11.3 Å². The van der Waals surface area contributed by atoms with Gasteiger partial charge in [-0.15, -0.1) is 0 Å². The first-order valence-corrected chi connectivity index (χ1v) is 10.0. The smallest absolute Gasteiger partial charge is 0.315 e. The normalized spacial score (nSPS) is 17.5. The molecule has 3 fully saturated rings. The predicted octanol–water partition coefficient (Wildman–Crippen LogP) is 4.13. The number of hydrogen-bond acceptors (Lipinski definition) is 6. The molecule has 0 N–H and O–H groups in total. The van der Waals surface area contributed by atoms with Crippen LogP contribution < -0.4 is 9.47 Å². The number of nitro benzene ring substituents is 1. The van der Waals surface area contributed by atoms with Crippen LogP contribution in [0.3, 0.4) is 0 Å². The van der Waals surface area contributed by atoms with E-state index < -0.39 is 4.92 Å². The maximum Gasteiger partial charge on any atom is 0.315 e. The van der Waals surface area contributed by atoms with Gasteiger partial charge in [0.25, 0.3) is 0 Å². The van der Waals surface area contributed by atoms with Crippen LogP contribution >= 0.6 is 0 Å². The summed E-state index contributed by atoms with van der Waals surface area (Å²) in [5.41, 5.74) is 2.98. The topological polar surface area (TPSA) is 81.9 Å². The molecular formula is C23H24N2O5. The fourth-order valence-corrected chi connectivity index (χ4v) is 4.11. The number of nitrogens with zero attached hydrogens (tertiary/aromatic N) is 2. The number of hydrogen-bond donors (Lipinski definition) is 0. The van der Waals surface area contributed by atoms with E-state index in [1.54, 1.807) is 12.1 Å². The Labute approximate surface area is 175 Å². The molecule has 2 aromatic rings. The lowest BCUT2D eigenvalue weighted by Gasteiger charge is -2.41. The second kappa shape index (κ2) is 8.18. The molecule has 156 valence electrons. The van der Waals surface area contributed by atoms with Gasteiger partial charge in [0.15, 0.2) is 11.5 Å². The van der Waals surface area contributed by atoms with E-state index in [9.17, 15) is 14.9 Å². The Balaban J connectivity index is 1.69. The third kappa shape index (κ3) is 3.75. The summed E-state index contributed by atoms with van der Waals surface area (Å²) < 4.78 is 11.3. The summed E-state index contributed by atoms with van der Waals surface area (Å²) >= 11 is 0. The largest absolute Gasteiger partial charge is 0.493 e. The lowest BCUT2D eigenvalue weighted by molar-refractivity contribution is -0.386. The first kappa shape index (κ1) is 19.9. The summed E-state index contributed by atoms with van der Waals surface area (Å²) in [4.78, 5) is 26.0.